The minimum Gasteiger partial charge on any atom is -0.379 e. The topological polar surface area (TPSA) is 88.3 Å². The molecule has 2 amide bonds. The molecule has 1 N–H and O–H groups in total. The van der Waals surface area contributed by atoms with Crippen molar-refractivity contribution < 1.29 is 14.3 Å². The lowest BCUT2D eigenvalue weighted by molar-refractivity contribution is -0.120. The van der Waals surface area contributed by atoms with E-state index in [0.29, 0.717) is 24.5 Å². The van der Waals surface area contributed by atoms with Crippen LogP contribution in [-0.2, 0) is 9.53 Å². The molecule has 2 atom stereocenters. The first-order chi connectivity index (χ1) is 17.3. The first-order valence-electron chi connectivity index (χ1n) is 12.2. The molecule has 188 valence electrons. The van der Waals surface area contributed by atoms with Crippen molar-refractivity contribution >= 4 is 34.4 Å². The number of hydrogen-bond acceptors (Lipinski definition) is 6. The standard InChI is InChI=1S/C27H31N5O3S/c1-16-9-17(2)30-27(34)23(16)12-29-26(33)22-11-21-10-20(24-13-28-15-36-24)14-32(21)25(18(22)3)19(4)31-5-7-35-8-6-31/h9-11,13-15,19,23H,5-8,12H2,1-4H3,(H,29,33). The highest BCUT2D eigenvalue weighted by Gasteiger charge is 2.27. The molecule has 5 rings (SSSR count). The van der Waals surface area contributed by atoms with Crippen LogP contribution in [0, 0.1) is 12.8 Å². The number of allylic oxidation sites excluding steroid dienone is 1. The minimum absolute atomic E-state index is 0.0910. The number of carbonyl (C=O) groups is 2. The van der Waals surface area contributed by atoms with E-state index in [4.69, 9.17) is 4.74 Å². The molecule has 5 heterocycles. The molecule has 0 aromatic carbocycles. The van der Waals surface area contributed by atoms with Crippen molar-refractivity contribution in [2.45, 2.75) is 33.7 Å². The van der Waals surface area contributed by atoms with Crippen molar-refractivity contribution in [3.63, 3.8) is 0 Å². The number of thiazole rings is 1. The van der Waals surface area contributed by atoms with Gasteiger partial charge in [-0.15, -0.1) is 11.3 Å². The van der Waals surface area contributed by atoms with E-state index in [1.165, 1.54) is 0 Å². The number of hydrogen-bond donors (Lipinski definition) is 1. The summed E-state index contributed by atoms with van der Waals surface area (Å²) in [6, 6.07) is 4.14. The Bertz CT molecular complexity index is 1370. The predicted molar refractivity (Wildman–Crippen MR) is 142 cm³/mol. The third-order valence-electron chi connectivity index (χ3n) is 7.18. The summed E-state index contributed by atoms with van der Waals surface area (Å²) in [4.78, 5) is 37.7. The number of aliphatic imine (C=N–C) groups is 1. The Balaban J connectivity index is 1.51. The predicted octanol–water partition coefficient (Wildman–Crippen LogP) is 4.06. The van der Waals surface area contributed by atoms with E-state index in [9.17, 15) is 9.59 Å². The molecule has 36 heavy (non-hydrogen) atoms. The first-order valence-corrected chi connectivity index (χ1v) is 13.1. The fourth-order valence-electron chi connectivity index (χ4n) is 5.20. The van der Waals surface area contributed by atoms with Gasteiger partial charge in [-0.25, -0.2) is 4.99 Å². The van der Waals surface area contributed by atoms with E-state index < -0.39 is 5.92 Å². The largest absolute Gasteiger partial charge is 0.379 e. The van der Waals surface area contributed by atoms with E-state index in [0.717, 1.165) is 45.9 Å². The molecular weight excluding hydrogens is 474 g/mol. The summed E-state index contributed by atoms with van der Waals surface area (Å²) in [6.07, 6.45) is 5.91. The van der Waals surface area contributed by atoms with Gasteiger partial charge in [0.2, 0.25) is 0 Å². The van der Waals surface area contributed by atoms with Crippen molar-refractivity contribution in [2.75, 3.05) is 32.8 Å². The number of carbonyl (C=O) groups excluding carboxylic acids is 2. The third-order valence-corrected chi connectivity index (χ3v) is 8.00. The smallest absolute Gasteiger partial charge is 0.254 e. The van der Waals surface area contributed by atoms with Gasteiger partial charge in [0.1, 0.15) is 0 Å². The summed E-state index contributed by atoms with van der Waals surface area (Å²) in [5, 5.41) is 3.01. The van der Waals surface area contributed by atoms with Gasteiger partial charge in [-0.3, -0.25) is 19.5 Å². The number of nitrogens with one attached hydrogen (secondary N) is 1. The molecule has 1 saturated heterocycles. The Morgan fingerprint density at radius 1 is 1.25 bits per heavy atom. The molecular formula is C27H31N5O3S. The van der Waals surface area contributed by atoms with E-state index in [1.54, 1.807) is 11.3 Å². The minimum atomic E-state index is -0.431. The molecule has 8 nitrogen and oxygen atoms in total. The molecule has 2 unspecified atom stereocenters. The second-order valence-corrected chi connectivity index (χ2v) is 10.4. The number of dihydropyridines is 1. The molecule has 2 aliphatic heterocycles. The van der Waals surface area contributed by atoms with Gasteiger partial charge in [-0.2, -0.15) is 0 Å². The molecule has 0 radical (unpaired) electrons. The molecule has 0 spiro atoms. The highest BCUT2D eigenvalue weighted by molar-refractivity contribution is 7.13. The SMILES string of the molecule is CC1=CC(C)=NC(=O)C1CNC(=O)c1cc2cc(-c3cncs3)cn2c(C(C)N2CCOCC2)c1C. The Labute approximate surface area is 214 Å². The normalized spacial score (nSPS) is 19.8. The summed E-state index contributed by atoms with van der Waals surface area (Å²) in [7, 11) is 0. The third kappa shape index (κ3) is 4.66. The zero-order valence-corrected chi connectivity index (χ0v) is 21.9. The molecule has 9 heteroatoms. The van der Waals surface area contributed by atoms with Crippen molar-refractivity contribution in [2.24, 2.45) is 10.9 Å². The van der Waals surface area contributed by atoms with Crippen LogP contribution in [0.3, 0.4) is 0 Å². The zero-order valence-electron chi connectivity index (χ0n) is 21.1. The number of aromatic nitrogens is 2. The fraction of sp³-hybridized carbons (Fsp3) is 0.407. The fourth-order valence-corrected chi connectivity index (χ4v) is 5.81. The van der Waals surface area contributed by atoms with Crippen LogP contribution in [0.25, 0.3) is 16.0 Å². The molecule has 1 fully saturated rings. The van der Waals surface area contributed by atoms with Crippen LogP contribution in [0.5, 0.6) is 0 Å². The number of morpholine rings is 1. The van der Waals surface area contributed by atoms with Crippen LogP contribution in [0.15, 0.2) is 46.7 Å². The van der Waals surface area contributed by atoms with Gasteiger partial charge in [0.25, 0.3) is 11.8 Å². The molecule has 3 aromatic rings. The van der Waals surface area contributed by atoms with Crippen molar-refractivity contribution in [1.82, 2.24) is 19.6 Å². The van der Waals surface area contributed by atoms with Gasteiger partial charge in [0, 0.05) is 66.1 Å². The van der Waals surface area contributed by atoms with Gasteiger partial charge in [-0.1, -0.05) is 5.57 Å². The van der Waals surface area contributed by atoms with Crippen LogP contribution in [0.4, 0.5) is 0 Å². The second-order valence-electron chi connectivity index (χ2n) is 9.52. The molecule has 3 aromatic heterocycles. The average molecular weight is 506 g/mol. The lowest BCUT2D eigenvalue weighted by Gasteiger charge is -2.34. The van der Waals surface area contributed by atoms with Crippen LogP contribution < -0.4 is 5.32 Å². The first kappa shape index (κ1) is 24.5. The Hall–Kier alpha value is -3.14. The van der Waals surface area contributed by atoms with E-state index >= 15 is 0 Å². The van der Waals surface area contributed by atoms with E-state index in [-0.39, 0.29) is 24.4 Å². The van der Waals surface area contributed by atoms with Gasteiger partial charge >= 0.3 is 0 Å². The van der Waals surface area contributed by atoms with E-state index in [2.05, 4.69) is 43.8 Å². The maximum Gasteiger partial charge on any atom is 0.254 e. The molecule has 2 aliphatic rings. The van der Waals surface area contributed by atoms with E-state index in [1.807, 2.05) is 44.6 Å². The number of rotatable bonds is 6. The zero-order chi connectivity index (χ0) is 25.4. The number of fused-ring (bicyclic) bond motifs is 1. The lowest BCUT2D eigenvalue weighted by atomic mass is 9.95. The summed E-state index contributed by atoms with van der Waals surface area (Å²) < 4.78 is 7.78. The highest BCUT2D eigenvalue weighted by atomic mass is 32.1. The Morgan fingerprint density at radius 2 is 2.03 bits per heavy atom. The van der Waals surface area contributed by atoms with Crippen molar-refractivity contribution in [1.29, 1.82) is 0 Å². The maximum atomic E-state index is 13.5. The van der Waals surface area contributed by atoms with Crippen molar-refractivity contribution in [3.05, 3.63) is 58.5 Å². The monoisotopic (exact) mass is 505 g/mol. The highest BCUT2D eigenvalue weighted by Crippen LogP contribution is 2.33. The van der Waals surface area contributed by atoms with Gasteiger partial charge in [0.15, 0.2) is 0 Å². The number of ether oxygens (including phenoxy) is 1. The molecule has 0 bridgehead atoms. The maximum absolute atomic E-state index is 13.5. The summed E-state index contributed by atoms with van der Waals surface area (Å²) in [5.74, 6) is -0.820. The summed E-state index contributed by atoms with van der Waals surface area (Å²) >= 11 is 1.59. The van der Waals surface area contributed by atoms with Crippen LogP contribution >= 0.6 is 11.3 Å². The summed E-state index contributed by atoms with van der Waals surface area (Å²) in [5.41, 5.74) is 8.11. The molecule has 0 saturated carbocycles. The van der Waals surface area contributed by atoms with Gasteiger partial charge < -0.3 is 14.5 Å². The number of amides is 2. The molecule has 0 aliphatic carbocycles. The van der Waals surface area contributed by atoms with Crippen molar-refractivity contribution in [3.8, 4) is 10.4 Å². The summed E-state index contributed by atoms with van der Waals surface area (Å²) in [6.45, 7) is 11.2. The quantitative estimate of drug-likeness (QED) is 0.546. The Kier molecular flexibility index (Phi) is 6.87. The van der Waals surface area contributed by atoms with Crippen LogP contribution in [0.1, 0.15) is 48.4 Å². The van der Waals surface area contributed by atoms with Crippen LogP contribution in [-0.4, -0.2) is 64.7 Å². The average Bonchev–Trinajstić information content (AvgIpc) is 3.53. The number of pyridine rings is 1. The van der Waals surface area contributed by atoms with Gasteiger partial charge in [-0.05, 0) is 51.5 Å². The lowest BCUT2D eigenvalue weighted by Crippen LogP contribution is -2.39. The second kappa shape index (κ2) is 10.1. The van der Waals surface area contributed by atoms with Crippen LogP contribution in [0.2, 0.25) is 0 Å². The Morgan fingerprint density at radius 3 is 2.72 bits per heavy atom. The van der Waals surface area contributed by atoms with Gasteiger partial charge in [0.05, 0.1) is 29.5 Å². The number of nitrogens with zero attached hydrogens (tertiary/aromatic N) is 4.